The molecule has 5 nitrogen and oxygen atoms in total. The average molecular weight is 371 g/mol. The van der Waals surface area contributed by atoms with Crippen LogP contribution in [0.3, 0.4) is 0 Å². The number of allylic oxidation sites excluding steroid dienone is 1. The van der Waals surface area contributed by atoms with E-state index in [0.29, 0.717) is 27.9 Å². The SMILES string of the molecule is CC=Cn1cc(-c2ccc(C)c(F)c2)c(-c2ccccc2S(N)(=O)=O)n1. The smallest absolute Gasteiger partial charge is 0.238 e. The molecule has 0 spiro atoms. The number of nitrogens with zero attached hydrogens (tertiary/aromatic N) is 2. The predicted molar refractivity (Wildman–Crippen MR) is 100 cm³/mol. The number of nitrogens with two attached hydrogens (primary N) is 1. The summed E-state index contributed by atoms with van der Waals surface area (Å²) in [5.41, 5.74) is 2.52. The Morgan fingerprint density at radius 1 is 1.15 bits per heavy atom. The summed E-state index contributed by atoms with van der Waals surface area (Å²) < 4.78 is 39.6. The topological polar surface area (TPSA) is 78.0 Å². The first-order valence-electron chi connectivity index (χ1n) is 7.92. The van der Waals surface area contributed by atoms with Crippen LogP contribution in [0, 0.1) is 12.7 Å². The normalized spacial score (nSPS) is 12.0. The number of sulfonamides is 1. The minimum Gasteiger partial charge on any atom is -0.247 e. The minimum absolute atomic E-state index is 0.0282. The molecular weight excluding hydrogens is 353 g/mol. The first-order valence-corrected chi connectivity index (χ1v) is 9.46. The van der Waals surface area contributed by atoms with E-state index in [1.54, 1.807) is 60.4 Å². The van der Waals surface area contributed by atoms with Crippen LogP contribution in [0.5, 0.6) is 0 Å². The summed E-state index contributed by atoms with van der Waals surface area (Å²) >= 11 is 0. The van der Waals surface area contributed by atoms with Crippen LogP contribution in [-0.4, -0.2) is 18.2 Å². The number of benzene rings is 2. The van der Waals surface area contributed by atoms with Crippen molar-refractivity contribution in [3.8, 4) is 22.4 Å². The highest BCUT2D eigenvalue weighted by atomic mass is 32.2. The summed E-state index contributed by atoms with van der Waals surface area (Å²) in [6, 6.07) is 11.2. The fourth-order valence-electron chi connectivity index (χ4n) is 2.70. The average Bonchev–Trinajstić information content (AvgIpc) is 3.01. The third-order valence-electron chi connectivity index (χ3n) is 3.97. The molecule has 7 heteroatoms. The van der Waals surface area contributed by atoms with Crippen molar-refractivity contribution in [2.45, 2.75) is 18.7 Å². The molecule has 1 aromatic heterocycles. The molecule has 0 saturated heterocycles. The van der Waals surface area contributed by atoms with Crippen LogP contribution in [0.4, 0.5) is 4.39 Å². The number of aryl methyl sites for hydroxylation is 1. The van der Waals surface area contributed by atoms with Crippen LogP contribution >= 0.6 is 0 Å². The quantitative estimate of drug-likeness (QED) is 0.758. The summed E-state index contributed by atoms with van der Waals surface area (Å²) in [7, 11) is -3.94. The zero-order chi connectivity index (χ0) is 18.9. The van der Waals surface area contributed by atoms with Crippen LogP contribution < -0.4 is 5.14 Å². The number of aromatic nitrogens is 2. The highest BCUT2D eigenvalue weighted by Gasteiger charge is 2.20. The van der Waals surface area contributed by atoms with Crippen LogP contribution in [-0.2, 0) is 10.0 Å². The fraction of sp³-hybridized carbons (Fsp3) is 0.105. The zero-order valence-corrected chi connectivity index (χ0v) is 15.2. The summed E-state index contributed by atoms with van der Waals surface area (Å²) in [5, 5.41) is 9.82. The molecule has 0 unspecified atom stereocenters. The summed E-state index contributed by atoms with van der Waals surface area (Å²) in [6.45, 7) is 3.52. The van der Waals surface area contributed by atoms with Crippen molar-refractivity contribution in [3.05, 3.63) is 66.1 Å². The van der Waals surface area contributed by atoms with E-state index in [-0.39, 0.29) is 10.7 Å². The van der Waals surface area contributed by atoms with E-state index >= 15 is 0 Å². The van der Waals surface area contributed by atoms with Gasteiger partial charge in [0.1, 0.15) is 11.5 Å². The van der Waals surface area contributed by atoms with Gasteiger partial charge in [-0.3, -0.25) is 0 Å². The van der Waals surface area contributed by atoms with Crippen LogP contribution in [0.1, 0.15) is 12.5 Å². The second-order valence-electron chi connectivity index (χ2n) is 5.86. The second-order valence-corrected chi connectivity index (χ2v) is 7.39. The number of rotatable bonds is 4. The monoisotopic (exact) mass is 371 g/mol. The van der Waals surface area contributed by atoms with Crippen molar-refractivity contribution in [1.29, 1.82) is 0 Å². The third-order valence-corrected chi connectivity index (χ3v) is 4.93. The van der Waals surface area contributed by atoms with E-state index < -0.39 is 10.0 Å². The van der Waals surface area contributed by atoms with Gasteiger partial charge < -0.3 is 0 Å². The minimum atomic E-state index is -3.94. The van der Waals surface area contributed by atoms with Crippen LogP contribution in [0.2, 0.25) is 0 Å². The summed E-state index contributed by atoms with van der Waals surface area (Å²) in [4.78, 5) is -0.0282. The molecule has 1 heterocycles. The van der Waals surface area contributed by atoms with E-state index in [2.05, 4.69) is 5.10 Å². The van der Waals surface area contributed by atoms with Crippen molar-refractivity contribution in [2.75, 3.05) is 0 Å². The lowest BCUT2D eigenvalue weighted by Gasteiger charge is -2.08. The maximum absolute atomic E-state index is 14.1. The van der Waals surface area contributed by atoms with Gasteiger partial charge in [0.25, 0.3) is 0 Å². The lowest BCUT2D eigenvalue weighted by molar-refractivity contribution is 0.598. The van der Waals surface area contributed by atoms with E-state index in [1.807, 2.05) is 6.92 Å². The fourth-order valence-corrected chi connectivity index (χ4v) is 3.44. The molecule has 0 saturated carbocycles. The molecular formula is C19H18FN3O2S. The maximum atomic E-state index is 14.1. The van der Waals surface area contributed by atoms with Crippen molar-refractivity contribution in [2.24, 2.45) is 5.14 Å². The van der Waals surface area contributed by atoms with Gasteiger partial charge in [-0.05, 0) is 37.1 Å². The van der Waals surface area contributed by atoms with Crippen LogP contribution in [0.15, 0.2) is 59.6 Å². The molecule has 0 fully saturated rings. The molecule has 0 aliphatic heterocycles. The number of hydrogen-bond acceptors (Lipinski definition) is 3. The van der Waals surface area contributed by atoms with E-state index in [9.17, 15) is 12.8 Å². The summed E-state index contributed by atoms with van der Waals surface area (Å²) in [5.74, 6) is -0.341. The molecule has 26 heavy (non-hydrogen) atoms. The zero-order valence-electron chi connectivity index (χ0n) is 14.3. The first-order chi connectivity index (χ1) is 12.3. The van der Waals surface area contributed by atoms with Crippen molar-refractivity contribution in [3.63, 3.8) is 0 Å². The molecule has 0 aliphatic rings. The Morgan fingerprint density at radius 2 is 1.88 bits per heavy atom. The number of halogens is 1. The lowest BCUT2D eigenvalue weighted by Crippen LogP contribution is -2.13. The Bertz CT molecular complexity index is 1100. The largest absolute Gasteiger partial charge is 0.247 e. The van der Waals surface area contributed by atoms with Gasteiger partial charge in [-0.25, -0.2) is 22.6 Å². The van der Waals surface area contributed by atoms with Crippen molar-refractivity contribution >= 4 is 16.2 Å². The third kappa shape index (κ3) is 3.44. The molecule has 0 atom stereocenters. The molecule has 0 radical (unpaired) electrons. The molecule has 134 valence electrons. The number of primary sulfonamides is 1. The second kappa shape index (κ2) is 6.86. The highest BCUT2D eigenvalue weighted by molar-refractivity contribution is 7.89. The van der Waals surface area contributed by atoms with Crippen molar-refractivity contribution in [1.82, 2.24) is 9.78 Å². The molecule has 2 N–H and O–H groups in total. The van der Waals surface area contributed by atoms with Gasteiger partial charge in [-0.15, -0.1) is 0 Å². The van der Waals surface area contributed by atoms with E-state index in [0.717, 1.165) is 0 Å². The van der Waals surface area contributed by atoms with E-state index in [4.69, 9.17) is 5.14 Å². The van der Waals surface area contributed by atoms with Gasteiger partial charge in [-0.2, -0.15) is 5.10 Å². The molecule has 0 amide bonds. The Hall–Kier alpha value is -2.77. The number of hydrogen-bond donors (Lipinski definition) is 1. The van der Waals surface area contributed by atoms with E-state index in [1.165, 1.54) is 12.1 Å². The Morgan fingerprint density at radius 3 is 2.54 bits per heavy atom. The van der Waals surface area contributed by atoms with Crippen molar-refractivity contribution < 1.29 is 12.8 Å². The Balaban J connectivity index is 2.30. The molecule has 0 aliphatic carbocycles. The van der Waals surface area contributed by atoms with Gasteiger partial charge >= 0.3 is 0 Å². The maximum Gasteiger partial charge on any atom is 0.238 e. The first kappa shape index (κ1) is 18.0. The molecule has 0 bridgehead atoms. The lowest BCUT2D eigenvalue weighted by atomic mass is 10.0. The summed E-state index contributed by atoms with van der Waals surface area (Å²) in [6.07, 6.45) is 5.23. The van der Waals surface area contributed by atoms with Gasteiger partial charge in [-0.1, -0.05) is 36.4 Å². The van der Waals surface area contributed by atoms with Gasteiger partial charge in [0.05, 0.1) is 4.90 Å². The molecule has 2 aromatic carbocycles. The highest BCUT2D eigenvalue weighted by Crippen LogP contribution is 2.35. The van der Waals surface area contributed by atoms with Gasteiger partial charge in [0.15, 0.2) is 0 Å². The van der Waals surface area contributed by atoms with Gasteiger partial charge in [0.2, 0.25) is 10.0 Å². The molecule has 3 aromatic rings. The van der Waals surface area contributed by atoms with Gasteiger partial charge in [0, 0.05) is 23.5 Å². The predicted octanol–water partition coefficient (Wildman–Crippen LogP) is 3.80. The Labute approximate surface area is 151 Å². The molecule has 3 rings (SSSR count). The Kier molecular flexibility index (Phi) is 4.76. The standard InChI is InChI=1S/C19H18FN3O2S/c1-3-10-23-12-16(14-9-8-13(2)17(20)11-14)19(22-23)15-6-4-5-7-18(15)26(21,24)25/h3-12H,1-2H3,(H2,21,24,25). The van der Waals surface area contributed by atoms with Crippen LogP contribution in [0.25, 0.3) is 28.6 Å².